The number of benzene rings is 3. The molecule has 0 atom stereocenters. The normalized spacial score (nSPS) is 10.4. The molecule has 3 aromatic carbocycles. The van der Waals surface area contributed by atoms with Crippen molar-refractivity contribution >= 4 is 33.5 Å². The van der Waals surface area contributed by atoms with Gasteiger partial charge in [0.15, 0.2) is 5.75 Å². The third-order valence-electron chi connectivity index (χ3n) is 3.83. The largest absolute Gasteiger partial charge is 0.505 e. The lowest BCUT2D eigenvalue weighted by Crippen LogP contribution is -1.77. The Bertz CT molecular complexity index is 1040. The standard InChI is InChI=1S/C19H18N6O.3C2H6/c1-12-10-14(22-20-2)7-9-17(12)24-25-18-8-5-13-4-6-15(23-21-3)11-16(13)19(18)26;3*1-2/h4-11,26H,1-3H3;3*1-2H3. The Balaban J connectivity index is 0.00000148. The number of phenols is 1. The van der Waals surface area contributed by atoms with Crippen LogP contribution in [0.3, 0.4) is 0 Å². The molecule has 0 aliphatic heterocycles. The fraction of sp³-hybridized carbons (Fsp3) is 0.360. The lowest BCUT2D eigenvalue weighted by molar-refractivity contribution is 0.482. The van der Waals surface area contributed by atoms with Crippen LogP contribution in [0, 0.1) is 6.92 Å². The van der Waals surface area contributed by atoms with Crippen LogP contribution in [0.2, 0.25) is 0 Å². The van der Waals surface area contributed by atoms with Gasteiger partial charge in [-0.15, -0.1) is 5.11 Å². The third kappa shape index (κ3) is 7.98. The predicted molar refractivity (Wildman–Crippen MR) is 136 cm³/mol. The Kier molecular flexibility index (Phi) is 14.5. The van der Waals surface area contributed by atoms with Gasteiger partial charge in [-0.3, -0.25) is 0 Å². The zero-order chi connectivity index (χ0) is 24.5. The summed E-state index contributed by atoms with van der Waals surface area (Å²) in [6.07, 6.45) is 0. The van der Waals surface area contributed by atoms with Crippen LogP contribution in [0.25, 0.3) is 10.8 Å². The van der Waals surface area contributed by atoms with Gasteiger partial charge in [-0.25, -0.2) is 0 Å². The van der Waals surface area contributed by atoms with Crippen molar-refractivity contribution in [3.63, 3.8) is 0 Å². The van der Waals surface area contributed by atoms with Crippen molar-refractivity contribution in [3.8, 4) is 5.75 Å². The van der Waals surface area contributed by atoms with Gasteiger partial charge in [0.25, 0.3) is 0 Å². The molecule has 7 heteroatoms. The van der Waals surface area contributed by atoms with E-state index in [4.69, 9.17) is 0 Å². The van der Waals surface area contributed by atoms with Crippen molar-refractivity contribution in [1.29, 1.82) is 0 Å². The Labute approximate surface area is 192 Å². The van der Waals surface area contributed by atoms with E-state index < -0.39 is 0 Å². The fourth-order valence-electron chi connectivity index (χ4n) is 2.58. The van der Waals surface area contributed by atoms with E-state index in [-0.39, 0.29) is 5.75 Å². The summed E-state index contributed by atoms with van der Waals surface area (Å²) in [7, 11) is 3.23. The van der Waals surface area contributed by atoms with Crippen LogP contribution < -0.4 is 0 Å². The maximum atomic E-state index is 10.6. The molecule has 0 saturated heterocycles. The van der Waals surface area contributed by atoms with Crippen molar-refractivity contribution in [3.05, 3.63) is 54.1 Å². The Morgan fingerprint density at radius 2 is 1.06 bits per heavy atom. The summed E-state index contributed by atoms with van der Waals surface area (Å²) in [6, 6.07) is 14.6. The van der Waals surface area contributed by atoms with Gasteiger partial charge in [0, 0.05) is 19.5 Å². The molecule has 3 rings (SSSR count). The summed E-state index contributed by atoms with van der Waals surface area (Å²) in [6.45, 7) is 13.9. The highest BCUT2D eigenvalue weighted by molar-refractivity contribution is 5.94. The molecule has 32 heavy (non-hydrogen) atoms. The van der Waals surface area contributed by atoms with Crippen LogP contribution in [-0.4, -0.2) is 19.2 Å². The van der Waals surface area contributed by atoms with E-state index in [1.165, 1.54) is 0 Å². The lowest BCUT2D eigenvalue weighted by Gasteiger charge is -2.05. The van der Waals surface area contributed by atoms with Crippen molar-refractivity contribution in [1.82, 2.24) is 0 Å². The minimum atomic E-state index is 0.0634. The Morgan fingerprint density at radius 3 is 1.62 bits per heavy atom. The molecule has 0 radical (unpaired) electrons. The first-order valence-electron chi connectivity index (χ1n) is 11.0. The highest BCUT2D eigenvalue weighted by Gasteiger charge is 2.07. The summed E-state index contributed by atoms with van der Waals surface area (Å²) in [5.74, 6) is 0.0634. The second-order valence-corrected chi connectivity index (χ2v) is 5.61. The Morgan fingerprint density at radius 1 is 0.594 bits per heavy atom. The van der Waals surface area contributed by atoms with E-state index in [9.17, 15) is 5.11 Å². The fourth-order valence-corrected chi connectivity index (χ4v) is 2.58. The zero-order valence-electron chi connectivity index (χ0n) is 20.7. The number of rotatable bonds is 4. The van der Waals surface area contributed by atoms with Crippen LogP contribution >= 0.6 is 0 Å². The maximum absolute atomic E-state index is 10.6. The average Bonchev–Trinajstić information content (AvgIpc) is 2.84. The first-order valence-corrected chi connectivity index (χ1v) is 11.0. The number of aryl methyl sites for hydroxylation is 1. The molecule has 0 unspecified atom stereocenters. The molecule has 0 heterocycles. The summed E-state index contributed by atoms with van der Waals surface area (Å²) >= 11 is 0. The van der Waals surface area contributed by atoms with E-state index >= 15 is 0 Å². The number of hydrogen-bond acceptors (Lipinski definition) is 7. The van der Waals surface area contributed by atoms with Crippen molar-refractivity contribution in [2.24, 2.45) is 30.7 Å². The molecule has 0 aliphatic carbocycles. The Hall–Kier alpha value is -3.48. The van der Waals surface area contributed by atoms with E-state index in [0.29, 0.717) is 22.4 Å². The molecule has 0 fully saturated rings. The number of nitrogens with zero attached hydrogens (tertiary/aromatic N) is 6. The summed E-state index contributed by atoms with van der Waals surface area (Å²) in [5.41, 5.74) is 3.44. The highest BCUT2D eigenvalue weighted by Crippen LogP contribution is 2.37. The number of azo groups is 3. The first-order chi connectivity index (χ1) is 15.6. The molecule has 0 spiro atoms. The van der Waals surface area contributed by atoms with E-state index in [0.717, 1.165) is 16.6 Å². The van der Waals surface area contributed by atoms with Gasteiger partial charge in [-0.05, 0) is 54.3 Å². The monoisotopic (exact) mass is 436 g/mol. The van der Waals surface area contributed by atoms with Crippen molar-refractivity contribution in [2.45, 2.75) is 48.5 Å². The number of hydrogen-bond donors (Lipinski definition) is 1. The SMILES string of the molecule is CC.CC.CC.CN=Nc1ccc(N=Nc2ccc3ccc(N=NC)cc3c2O)c(C)c1. The van der Waals surface area contributed by atoms with Gasteiger partial charge < -0.3 is 5.11 Å². The van der Waals surface area contributed by atoms with Crippen LogP contribution in [-0.2, 0) is 0 Å². The molecular weight excluding hydrogens is 400 g/mol. The molecule has 0 aliphatic rings. The highest BCUT2D eigenvalue weighted by atomic mass is 16.3. The predicted octanol–water partition coefficient (Wildman–Crippen LogP) is 9.77. The van der Waals surface area contributed by atoms with Crippen LogP contribution in [0.1, 0.15) is 47.1 Å². The zero-order valence-corrected chi connectivity index (χ0v) is 20.7. The van der Waals surface area contributed by atoms with E-state index in [1.807, 2.05) is 84.9 Å². The van der Waals surface area contributed by atoms with Crippen molar-refractivity contribution < 1.29 is 5.11 Å². The van der Waals surface area contributed by atoms with Crippen LogP contribution in [0.5, 0.6) is 5.75 Å². The minimum absolute atomic E-state index is 0.0634. The van der Waals surface area contributed by atoms with Crippen molar-refractivity contribution in [2.75, 3.05) is 14.1 Å². The smallest absolute Gasteiger partial charge is 0.150 e. The van der Waals surface area contributed by atoms with Gasteiger partial charge in [0.2, 0.25) is 0 Å². The molecular formula is C25H36N6O. The third-order valence-corrected chi connectivity index (χ3v) is 3.83. The molecule has 172 valence electrons. The van der Waals surface area contributed by atoms with E-state index in [1.54, 1.807) is 26.2 Å². The molecule has 1 N–H and O–H groups in total. The molecule has 0 amide bonds. The second kappa shape index (κ2) is 16.2. The molecule has 0 saturated carbocycles. The summed E-state index contributed by atoms with van der Waals surface area (Å²) in [4.78, 5) is 0. The quantitative estimate of drug-likeness (QED) is 0.405. The van der Waals surface area contributed by atoms with Gasteiger partial charge in [-0.1, -0.05) is 53.7 Å². The first kappa shape index (κ1) is 28.5. The molecule has 0 bridgehead atoms. The topological polar surface area (TPSA) is 94.4 Å². The number of fused-ring (bicyclic) bond motifs is 1. The minimum Gasteiger partial charge on any atom is -0.505 e. The summed E-state index contributed by atoms with van der Waals surface area (Å²) in [5, 5.41) is 36.1. The second-order valence-electron chi connectivity index (χ2n) is 5.61. The van der Waals surface area contributed by atoms with Gasteiger partial charge in [0.05, 0.1) is 17.1 Å². The molecule has 3 aromatic rings. The number of phenolic OH excluding ortho intramolecular Hbond substituents is 1. The maximum Gasteiger partial charge on any atom is 0.150 e. The van der Waals surface area contributed by atoms with Gasteiger partial charge in [0.1, 0.15) is 5.69 Å². The average molecular weight is 437 g/mol. The number of aromatic hydroxyl groups is 1. The van der Waals surface area contributed by atoms with E-state index in [2.05, 4.69) is 30.7 Å². The molecule has 7 nitrogen and oxygen atoms in total. The van der Waals surface area contributed by atoms with Gasteiger partial charge in [-0.2, -0.15) is 25.6 Å². The summed E-state index contributed by atoms with van der Waals surface area (Å²) < 4.78 is 0. The molecule has 0 aromatic heterocycles. The van der Waals surface area contributed by atoms with Crippen LogP contribution in [0.15, 0.2) is 79.2 Å². The lowest BCUT2D eigenvalue weighted by atomic mass is 10.1. The van der Waals surface area contributed by atoms with Gasteiger partial charge >= 0.3 is 0 Å². The van der Waals surface area contributed by atoms with Crippen LogP contribution in [0.4, 0.5) is 22.7 Å².